The van der Waals surface area contributed by atoms with Gasteiger partial charge >= 0.3 is 0 Å². The van der Waals surface area contributed by atoms with Crippen molar-refractivity contribution in [2.24, 2.45) is 0 Å². The highest BCUT2D eigenvalue weighted by molar-refractivity contribution is 14.1. The Balaban J connectivity index is 2.32. The van der Waals surface area contributed by atoms with Gasteiger partial charge in [0.2, 0.25) is 0 Å². The van der Waals surface area contributed by atoms with E-state index in [0.717, 1.165) is 12.8 Å². The van der Waals surface area contributed by atoms with E-state index in [9.17, 15) is 4.79 Å². The standard InChI is InChI=1S/C11H15IN2O3/c1-6-3-4-8(17-6)10-13-7(5-16-2)9(12)11(15)14-10/h6,8H,3-5H2,1-2H3,(H,13,14,15). The van der Waals surface area contributed by atoms with Gasteiger partial charge in [0.1, 0.15) is 15.5 Å². The summed E-state index contributed by atoms with van der Waals surface area (Å²) in [5, 5.41) is 0. The molecule has 94 valence electrons. The molecule has 2 heterocycles. The number of ether oxygens (including phenoxy) is 2. The van der Waals surface area contributed by atoms with Crippen molar-refractivity contribution in [2.45, 2.75) is 38.6 Å². The predicted octanol–water partition coefficient (Wildman–Crippen LogP) is 1.76. The Morgan fingerprint density at radius 1 is 1.59 bits per heavy atom. The van der Waals surface area contributed by atoms with Crippen LogP contribution in [0.5, 0.6) is 0 Å². The van der Waals surface area contributed by atoms with Crippen LogP contribution in [0.25, 0.3) is 0 Å². The minimum atomic E-state index is -0.120. The zero-order valence-corrected chi connectivity index (χ0v) is 12.0. The normalized spacial score (nSPS) is 24.2. The number of H-pyrrole nitrogens is 1. The van der Waals surface area contributed by atoms with Gasteiger partial charge in [0.15, 0.2) is 0 Å². The molecular weight excluding hydrogens is 335 g/mol. The van der Waals surface area contributed by atoms with Crippen molar-refractivity contribution in [1.29, 1.82) is 0 Å². The Morgan fingerprint density at radius 3 is 2.94 bits per heavy atom. The molecule has 2 atom stereocenters. The first-order chi connectivity index (χ1) is 8.11. The molecule has 1 N–H and O–H groups in total. The van der Waals surface area contributed by atoms with Crippen molar-refractivity contribution in [3.63, 3.8) is 0 Å². The minimum absolute atomic E-state index is 0.0923. The van der Waals surface area contributed by atoms with Crippen molar-refractivity contribution >= 4 is 22.6 Å². The van der Waals surface area contributed by atoms with Gasteiger partial charge in [-0.1, -0.05) is 0 Å². The van der Waals surface area contributed by atoms with Gasteiger partial charge in [0.05, 0.1) is 18.4 Å². The van der Waals surface area contributed by atoms with E-state index in [4.69, 9.17) is 9.47 Å². The topological polar surface area (TPSA) is 64.2 Å². The number of aromatic amines is 1. The van der Waals surface area contributed by atoms with Gasteiger partial charge in [-0.05, 0) is 42.4 Å². The third-order valence-electron chi connectivity index (χ3n) is 2.77. The summed E-state index contributed by atoms with van der Waals surface area (Å²) in [6.07, 6.45) is 2.04. The lowest BCUT2D eigenvalue weighted by Gasteiger charge is -2.12. The third-order valence-corrected chi connectivity index (χ3v) is 3.88. The number of nitrogens with one attached hydrogen (secondary N) is 1. The average Bonchev–Trinajstić information content (AvgIpc) is 2.71. The Labute approximate surface area is 113 Å². The van der Waals surface area contributed by atoms with Gasteiger partial charge in [-0.2, -0.15) is 0 Å². The van der Waals surface area contributed by atoms with Gasteiger partial charge < -0.3 is 14.5 Å². The molecule has 1 aromatic heterocycles. The summed E-state index contributed by atoms with van der Waals surface area (Å²) < 4.78 is 11.3. The van der Waals surface area contributed by atoms with Crippen molar-refractivity contribution in [3.05, 3.63) is 25.4 Å². The molecule has 0 saturated carbocycles. The van der Waals surface area contributed by atoms with E-state index in [2.05, 4.69) is 9.97 Å². The van der Waals surface area contributed by atoms with Crippen LogP contribution in [0.1, 0.15) is 37.4 Å². The quantitative estimate of drug-likeness (QED) is 0.844. The van der Waals surface area contributed by atoms with E-state index < -0.39 is 0 Å². The fraction of sp³-hybridized carbons (Fsp3) is 0.636. The highest BCUT2D eigenvalue weighted by Gasteiger charge is 2.26. The molecule has 5 nitrogen and oxygen atoms in total. The lowest BCUT2D eigenvalue weighted by molar-refractivity contribution is 0.0496. The van der Waals surface area contributed by atoms with Gasteiger partial charge in [-0.3, -0.25) is 4.79 Å². The second-order valence-corrected chi connectivity index (χ2v) is 5.24. The summed E-state index contributed by atoms with van der Waals surface area (Å²) >= 11 is 1.99. The summed E-state index contributed by atoms with van der Waals surface area (Å²) in [4.78, 5) is 19.0. The number of nitrogens with zero attached hydrogens (tertiary/aromatic N) is 1. The zero-order valence-electron chi connectivity index (χ0n) is 9.83. The fourth-order valence-electron chi connectivity index (χ4n) is 1.91. The van der Waals surface area contributed by atoms with Gasteiger partial charge in [0.25, 0.3) is 5.56 Å². The largest absolute Gasteiger partial charge is 0.378 e. The highest BCUT2D eigenvalue weighted by Crippen LogP contribution is 2.30. The molecule has 0 aromatic carbocycles. The van der Waals surface area contributed by atoms with Crippen LogP contribution < -0.4 is 5.56 Å². The molecule has 1 saturated heterocycles. The number of methoxy groups -OCH3 is 1. The van der Waals surface area contributed by atoms with Gasteiger partial charge in [-0.25, -0.2) is 4.98 Å². The smallest absolute Gasteiger partial charge is 0.264 e. The number of rotatable bonds is 3. The van der Waals surface area contributed by atoms with Crippen molar-refractivity contribution in [1.82, 2.24) is 9.97 Å². The molecule has 0 radical (unpaired) electrons. The zero-order chi connectivity index (χ0) is 12.4. The fourth-order valence-corrected chi connectivity index (χ4v) is 2.32. The van der Waals surface area contributed by atoms with Crippen molar-refractivity contribution in [3.8, 4) is 0 Å². The number of hydrogen-bond acceptors (Lipinski definition) is 4. The van der Waals surface area contributed by atoms with Crippen LogP contribution in [0, 0.1) is 3.57 Å². The molecule has 0 aliphatic carbocycles. The first-order valence-electron chi connectivity index (χ1n) is 5.54. The lowest BCUT2D eigenvalue weighted by atomic mass is 10.2. The van der Waals surface area contributed by atoms with E-state index in [1.165, 1.54) is 0 Å². The molecule has 0 amide bonds. The molecule has 1 aromatic rings. The average molecular weight is 350 g/mol. The molecule has 0 bridgehead atoms. The Kier molecular flexibility index (Phi) is 4.16. The maximum absolute atomic E-state index is 11.8. The molecule has 1 fully saturated rings. The van der Waals surface area contributed by atoms with Crippen molar-refractivity contribution in [2.75, 3.05) is 7.11 Å². The monoisotopic (exact) mass is 350 g/mol. The van der Waals surface area contributed by atoms with Crippen LogP contribution in [0.2, 0.25) is 0 Å². The molecule has 2 rings (SSSR count). The minimum Gasteiger partial charge on any atom is -0.378 e. The van der Waals surface area contributed by atoms with E-state index >= 15 is 0 Å². The Morgan fingerprint density at radius 2 is 2.35 bits per heavy atom. The number of aromatic nitrogens is 2. The predicted molar refractivity (Wildman–Crippen MR) is 70.8 cm³/mol. The van der Waals surface area contributed by atoms with Crippen LogP contribution in [0.3, 0.4) is 0 Å². The van der Waals surface area contributed by atoms with Crippen LogP contribution in [0.4, 0.5) is 0 Å². The van der Waals surface area contributed by atoms with Crippen molar-refractivity contribution < 1.29 is 9.47 Å². The Bertz CT molecular complexity index is 461. The first-order valence-corrected chi connectivity index (χ1v) is 6.62. The van der Waals surface area contributed by atoms with E-state index in [0.29, 0.717) is 21.7 Å². The second-order valence-electron chi connectivity index (χ2n) is 4.16. The lowest BCUT2D eigenvalue weighted by Crippen LogP contribution is -2.20. The molecule has 17 heavy (non-hydrogen) atoms. The summed E-state index contributed by atoms with van der Waals surface area (Å²) in [6, 6.07) is 0. The SMILES string of the molecule is COCc1nc(C2CCC(C)O2)[nH]c(=O)c1I. The number of halogens is 1. The summed E-state index contributed by atoms with van der Waals surface area (Å²) in [7, 11) is 1.59. The van der Waals surface area contributed by atoms with Crippen LogP contribution in [-0.2, 0) is 16.1 Å². The Hall–Kier alpha value is -0.470. The second kappa shape index (κ2) is 5.45. The number of hydrogen-bond donors (Lipinski definition) is 1. The molecule has 2 unspecified atom stereocenters. The van der Waals surface area contributed by atoms with E-state index in [1.54, 1.807) is 7.11 Å². The van der Waals surface area contributed by atoms with E-state index in [1.807, 2.05) is 29.5 Å². The first kappa shape index (κ1) is 13.0. The maximum atomic E-state index is 11.8. The highest BCUT2D eigenvalue weighted by atomic mass is 127. The molecule has 1 aliphatic heterocycles. The molecule has 6 heteroatoms. The summed E-state index contributed by atoms with van der Waals surface area (Å²) in [6.45, 7) is 2.37. The molecule has 1 aliphatic rings. The van der Waals surface area contributed by atoms with Gasteiger partial charge in [-0.15, -0.1) is 0 Å². The van der Waals surface area contributed by atoms with Crippen LogP contribution in [-0.4, -0.2) is 23.2 Å². The summed E-state index contributed by atoms with van der Waals surface area (Å²) in [5.74, 6) is 0.617. The van der Waals surface area contributed by atoms with Gasteiger partial charge in [0, 0.05) is 7.11 Å². The summed E-state index contributed by atoms with van der Waals surface area (Å²) in [5.41, 5.74) is 0.556. The third kappa shape index (κ3) is 2.86. The van der Waals surface area contributed by atoms with Crippen LogP contribution in [0.15, 0.2) is 4.79 Å². The molecular formula is C11H15IN2O3. The molecule has 0 spiro atoms. The van der Waals surface area contributed by atoms with Crippen LogP contribution >= 0.6 is 22.6 Å². The van der Waals surface area contributed by atoms with E-state index in [-0.39, 0.29) is 17.8 Å². The maximum Gasteiger partial charge on any atom is 0.264 e.